The first-order chi connectivity index (χ1) is 8.59. The van der Waals surface area contributed by atoms with E-state index in [0.29, 0.717) is 11.1 Å². The maximum atomic E-state index is 12.2. The highest BCUT2D eigenvalue weighted by atomic mass is 16.5. The first-order valence-electron chi connectivity index (χ1n) is 5.66. The van der Waals surface area contributed by atoms with Crippen LogP contribution in [0.2, 0.25) is 0 Å². The molecule has 0 fully saturated rings. The van der Waals surface area contributed by atoms with Gasteiger partial charge in [-0.25, -0.2) is 0 Å². The van der Waals surface area contributed by atoms with Gasteiger partial charge in [-0.1, -0.05) is 24.3 Å². The number of Topliss-reactive ketones (excluding diaryl/α,β-unsaturated/α-hetero) is 3. The smallest absolute Gasteiger partial charge is 0.205 e. The largest absolute Gasteiger partial charge is 0.478 e. The van der Waals surface area contributed by atoms with E-state index in [-0.39, 0.29) is 23.1 Å². The van der Waals surface area contributed by atoms with E-state index in [2.05, 4.69) is 0 Å². The molecule has 18 heavy (non-hydrogen) atoms. The number of benzene rings is 1. The van der Waals surface area contributed by atoms with Gasteiger partial charge < -0.3 is 4.74 Å². The summed E-state index contributed by atoms with van der Waals surface area (Å²) in [7, 11) is 0. The summed E-state index contributed by atoms with van der Waals surface area (Å²) in [4.78, 5) is 35.7. The lowest BCUT2D eigenvalue weighted by molar-refractivity contribution is -0.117. The predicted octanol–water partition coefficient (Wildman–Crippen LogP) is 1.55. The Hall–Kier alpha value is -2.23. The molecule has 0 saturated carbocycles. The van der Waals surface area contributed by atoms with Crippen LogP contribution in [0.3, 0.4) is 0 Å². The molecule has 0 radical (unpaired) electrons. The molecule has 1 aromatic carbocycles. The Morgan fingerprint density at radius 1 is 1.11 bits per heavy atom. The molecule has 90 valence electrons. The normalized spacial score (nSPS) is 25.1. The summed E-state index contributed by atoms with van der Waals surface area (Å²) in [6.07, 6.45) is 0.592. The zero-order chi connectivity index (χ0) is 12.9. The van der Waals surface area contributed by atoms with Crippen LogP contribution in [-0.2, 0) is 9.53 Å². The summed E-state index contributed by atoms with van der Waals surface area (Å²) >= 11 is 0. The lowest BCUT2D eigenvalue weighted by atomic mass is 9.80. The van der Waals surface area contributed by atoms with E-state index in [9.17, 15) is 14.4 Å². The quantitative estimate of drug-likeness (QED) is 0.749. The Morgan fingerprint density at radius 2 is 1.72 bits per heavy atom. The molecule has 3 rings (SSSR count). The molecule has 2 aliphatic rings. The van der Waals surface area contributed by atoms with Crippen molar-refractivity contribution in [2.24, 2.45) is 5.92 Å². The van der Waals surface area contributed by atoms with Crippen molar-refractivity contribution < 1.29 is 19.1 Å². The molecule has 2 atom stereocenters. The Labute approximate surface area is 103 Å². The van der Waals surface area contributed by atoms with Crippen LogP contribution in [0, 0.1) is 5.92 Å². The van der Waals surface area contributed by atoms with Gasteiger partial charge in [-0.2, -0.15) is 0 Å². The van der Waals surface area contributed by atoms with Crippen LogP contribution in [0.4, 0.5) is 0 Å². The highest BCUT2D eigenvalue weighted by Gasteiger charge is 2.46. The second kappa shape index (κ2) is 3.63. The maximum Gasteiger partial charge on any atom is 0.205 e. The summed E-state index contributed by atoms with van der Waals surface area (Å²) in [5.74, 6) is -1.21. The number of ketones is 3. The fourth-order valence-electron chi connectivity index (χ4n) is 2.38. The van der Waals surface area contributed by atoms with E-state index in [1.54, 1.807) is 24.3 Å². The van der Waals surface area contributed by atoms with Crippen molar-refractivity contribution in [2.45, 2.75) is 13.0 Å². The van der Waals surface area contributed by atoms with E-state index in [1.807, 2.05) is 0 Å². The minimum atomic E-state index is -0.869. The average molecular weight is 242 g/mol. The first-order valence-corrected chi connectivity index (χ1v) is 5.66. The van der Waals surface area contributed by atoms with Crippen LogP contribution in [0.1, 0.15) is 27.6 Å². The number of hydrogen-bond acceptors (Lipinski definition) is 4. The summed E-state index contributed by atoms with van der Waals surface area (Å²) < 4.78 is 5.31. The lowest BCUT2D eigenvalue weighted by Crippen LogP contribution is -2.38. The first kappa shape index (κ1) is 10.9. The van der Waals surface area contributed by atoms with Crippen molar-refractivity contribution in [3.05, 3.63) is 47.2 Å². The van der Waals surface area contributed by atoms with Gasteiger partial charge in [0.15, 0.2) is 23.4 Å². The fraction of sp³-hybridized carbons (Fsp3) is 0.214. The molecular formula is C14H10O4. The minimum Gasteiger partial charge on any atom is -0.478 e. The molecule has 1 heterocycles. The van der Waals surface area contributed by atoms with E-state index >= 15 is 0 Å². The molecule has 2 unspecified atom stereocenters. The Morgan fingerprint density at radius 3 is 2.33 bits per heavy atom. The van der Waals surface area contributed by atoms with Gasteiger partial charge in [0, 0.05) is 18.1 Å². The van der Waals surface area contributed by atoms with E-state index in [1.165, 1.54) is 13.0 Å². The molecule has 0 bridgehead atoms. The molecular weight excluding hydrogens is 232 g/mol. The van der Waals surface area contributed by atoms with E-state index in [4.69, 9.17) is 4.74 Å². The summed E-state index contributed by atoms with van der Waals surface area (Å²) in [6, 6.07) is 6.67. The van der Waals surface area contributed by atoms with Crippen molar-refractivity contribution in [3.63, 3.8) is 0 Å². The van der Waals surface area contributed by atoms with E-state index < -0.39 is 12.0 Å². The summed E-state index contributed by atoms with van der Waals surface area (Å²) in [5.41, 5.74) is 0.787. The monoisotopic (exact) mass is 242 g/mol. The van der Waals surface area contributed by atoms with Gasteiger partial charge in [0.2, 0.25) is 5.78 Å². The summed E-state index contributed by atoms with van der Waals surface area (Å²) in [5, 5.41) is 0. The summed E-state index contributed by atoms with van der Waals surface area (Å²) in [6.45, 7) is 1.35. The van der Waals surface area contributed by atoms with Crippen LogP contribution < -0.4 is 0 Å². The van der Waals surface area contributed by atoms with E-state index in [0.717, 1.165) is 0 Å². The Kier molecular flexibility index (Phi) is 2.20. The van der Waals surface area contributed by atoms with Gasteiger partial charge in [0.05, 0.1) is 5.92 Å². The molecule has 0 N–H and O–H groups in total. The van der Waals surface area contributed by atoms with Crippen molar-refractivity contribution in [1.29, 1.82) is 0 Å². The Balaban J connectivity index is 2.10. The number of carbonyl (C=O) groups excluding carboxylic acids is 3. The van der Waals surface area contributed by atoms with Crippen molar-refractivity contribution in [1.82, 2.24) is 0 Å². The van der Waals surface area contributed by atoms with Crippen molar-refractivity contribution in [2.75, 3.05) is 0 Å². The predicted molar refractivity (Wildman–Crippen MR) is 62.2 cm³/mol. The van der Waals surface area contributed by atoms with Crippen molar-refractivity contribution in [3.8, 4) is 0 Å². The highest BCUT2D eigenvalue weighted by molar-refractivity contribution is 6.18. The zero-order valence-electron chi connectivity index (χ0n) is 9.67. The molecule has 1 aliphatic heterocycles. The van der Waals surface area contributed by atoms with Crippen LogP contribution in [0.15, 0.2) is 36.1 Å². The second-order valence-corrected chi connectivity index (χ2v) is 4.43. The minimum absolute atomic E-state index is 0.111. The topological polar surface area (TPSA) is 60.4 Å². The molecule has 0 aromatic heterocycles. The molecule has 4 nitrogen and oxygen atoms in total. The number of fused-ring (bicyclic) bond motifs is 2. The molecule has 0 amide bonds. The number of rotatable bonds is 1. The molecule has 0 saturated heterocycles. The SMILES string of the molecule is CC(=O)C1=CC2C(=O)c3ccccc3C(=O)C2O1. The lowest BCUT2D eigenvalue weighted by Gasteiger charge is -2.23. The molecule has 4 heteroatoms. The third-order valence-electron chi connectivity index (χ3n) is 3.28. The second-order valence-electron chi connectivity index (χ2n) is 4.43. The van der Waals surface area contributed by atoms with Gasteiger partial charge in [0.25, 0.3) is 0 Å². The van der Waals surface area contributed by atoms with Crippen molar-refractivity contribution >= 4 is 17.3 Å². The maximum absolute atomic E-state index is 12.2. The number of carbonyl (C=O) groups is 3. The van der Waals surface area contributed by atoms with Gasteiger partial charge in [-0.3, -0.25) is 14.4 Å². The molecule has 1 aromatic rings. The molecule has 1 aliphatic carbocycles. The number of ether oxygens (including phenoxy) is 1. The zero-order valence-corrected chi connectivity index (χ0v) is 9.67. The van der Waals surface area contributed by atoms with Crippen LogP contribution >= 0.6 is 0 Å². The van der Waals surface area contributed by atoms with Crippen LogP contribution in [-0.4, -0.2) is 23.5 Å². The fourth-order valence-corrected chi connectivity index (χ4v) is 2.38. The Bertz CT molecular complexity index is 612. The van der Waals surface area contributed by atoms with Crippen LogP contribution in [0.25, 0.3) is 0 Å². The van der Waals surface area contributed by atoms with Gasteiger partial charge in [0.1, 0.15) is 0 Å². The number of allylic oxidation sites excluding steroid dienone is 1. The highest BCUT2D eigenvalue weighted by Crippen LogP contribution is 2.34. The average Bonchev–Trinajstić information content (AvgIpc) is 2.81. The van der Waals surface area contributed by atoms with Gasteiger partial charge in [-0.05, 0) is 6.08 Å². The third-order valence-corrected chi connectivity index (χ3v) is 3.28. The van der Waals surface area contributed by atoms with Crippen LogP contribution in [0.5, 0.6) is 0 Å². The number of hydrogen-bond donors (Lipinski definition) is 0. The molecule has 0 spiro atoms. The van der Waals surface area contributed by atoms with Gasteiger partial charge >= 0.3 is 0 Å². The van der Waals surface area contributed by atoms with Gasteiger partial charge in [-0.15, -0.1) is 0 Å². The third kappa shape index (κ3) is 1.35. The standard InChI is InChI=1S/C14H10O4/c1-7(15)11-6-10-12(16)8-4-2-3-5-9(8)13(17)14(10)18-11/h2-6,10,14H,1H3.